The van der Waals surface area contributed by atoms with Gasteiger partial charge in [0.15, 0.2) is 0 Å². The second-order valence-electron chi connectivity index (χ2n) is 6.87. The third kappa shape index (κ3) is 5.10. The zero-order chi connectivity index (χ0) is 22.5. The summed E-state index contributed by atoms with van der Waals surface area (Å²) < 4.78 is 7.28. The Morgan fingerprint density at radius 1 is 1.23 bits per heavy atom. The fourth-order valence-electron chi connectivity index (χ4n) is 3.25. The standard InChI is InChI=1S/C22H21ClN4O4/c1-14-10-17(13-24-25-22(28)11-16-4-6-18(23)7-5-16)15(2)26(14)20-9-8-19(27(29)30)12-21(20)31-3/h4-10,12-13H,11H2,1-3H3,(H,25,28)/b24-13-. The Kier molecular flexibility index (Phi) is 6.71. The van der Waals surface area contributed by atoms with E-state index in [1.807, 2.05) is 24.5 Å². The highest BCUT2D eigenvalue weighted by Gasteiger charge is 2.17. The number of carbonyl (C=O) groups excluding carboxylic acids is 1. The molecular weight excluding hydrogens is 420 g/mol. The Bertz CT molecular complexity index is 1150. The molecule has 3 rings (SSSR count). The van der Waals surface area contributed by atoms with E-state index in [0.29, 0.717) is 16.5 Å². The molecule has 0 bridgehead atoms. The molecule has 2 aromatic carbocycles. The lowest BCUT2D eigenvalue weighted by molar-refractivity contribution is -0.384. The number of hydrazone groups is 1. The smallest absolute Gasteiger partial charge is 0.273 e. The van der Waals surface area contributed by atoms with Crippen molar-refractivity contribution in [1.82, 2.24) is 9.99 Å². The van der Waals surface area contributed by atoms with Crippen LogP contribution in [0.1, 0.15) is 22.5 Å². The number of rotatable bonds is 7. The van der Waals surface area contributed by atoms with Crippen molar-refractivity contribution in [3.05, 3.63) is 86.2 Å². The lowest BCUT2D eigenvalue weighted by atomic mass is 10.1. The van der Waals surface area contributed by atoms with Crippen molar-refractivity contribution in [1.29, 1.82) is 0 Å². The fourth-order valence-corrected chi connectivity index (χ4v) is 3.38. The molecule has 0 aliphatic rings. The van der Waals surface area contributed by atoms with E-state index in [4.69, 9.17) is 16.3 Å². The lowest BCUT2D eigenvalue weighted by Crippen LogP contribution is -2.19. The summed E-state index contributed by atoms with van der Waals surface area (Å²) in [6.07, 6.45) is 1.75. The van der Waals surface area contributed by atoms with Gasteiger partial charge in [0, 0.05) is 28.0 Å². The van der Waals surface area contributed by atoms with Gasteiger partial charge in [0.1, 0.15) is 5.75 Å². The summed E-state index contributed by atoms with van der Waals surface area (Å²) in [5.41, 5.74) is 6.51. The van der Waals surface area contributed by atoms with E-state index in [9.17, 15) is 14.9 Å². The maximum Gasteiger partial charge on any atom is 0.273 e. The van der Waals surface area contributed by atoms with E-state index in [-0.39, 0.29) is 18.0 Å². The number of nitrogens with zero attached hydrogens (tertiary/aromatic N) is 3. The van der Waals surface area contributed by atoms with Crippen molar-refractivity contribution in [3.8, 4) is 11.4 Å². The number of carbonyl (C=O) groups is 1. The number of nitrogens with one attached hydrogen (secondary N) is 1. The SMILES string of the molecule is COc1cc([N+](=O)[O-])ccc1-n1c(C)cc(/C=N\NC(=O)Cc2ccc(Cl)cc2)c1C. The zero-order valence-corrected chi connectivity index (χ0v) is 18.0. The van der Waals surface area contributed by atoms with Gasteiger partial charge in [-0.15, -0.1) is 0 Å². The summed E-state index contributed by atoms with van der Waals surface area (Å²) in [5, 5.41) is 15.7. The van der Waals surface area contributed by atoms with Gasteiger partial charge in [0.2, 0.25) is 5.91 Å². The second-order valence-corrected chi connectivity index (χ2v) is 7.31. The van der Waals surface area contributed by atoms with Crippen molar-refractivity contribution < 1.29 is 14.5 Å². The molecule has 1 N–H and O–H groups in total. The topological polar surface area (TPSA) is 98.8 Å². The van der Waals surface area contributed by atoms with Gasteiger partial charge >= 0.3 is 0 Å². The fraction of sp³-hybridized carbons (Fsp3) is 0.182. The van der Waals surface area contributed by atoms with E-state index in [2.05, 4.69) is 10.5 Å². The van der Waals surface area contributed by atoms with Crippen molar-refractivity contribution in [2.75, 3.05) is 7.11 Å². The Balaban J connectivity index is 1.78. The Hall–Kier alpha value is -3.65. The predicted molar refractivity (Wildman–Crippen MR) is 119 cm³/mol. The monoisotopic (exact) mass is 440 g/mol. The first-order chi connectivity index (χ1) is 14.8. The van der Waals surface area contributed by atoms with Gasteiger partial charge in [-0.3, -0.25) is 14.9 Å². The first-order valence-corrected chi connectivity index (χ1v) is 9.76. The van der Waals surface area contributed by atoms with Gasteiger partial charge in [-0.25, -0.2) is 5.43 Å². The predicted octanol–water partition coefficient (Wildman–Crippen LogP) is 4.36. The number of amides is 1. The molecule has 0 aliphatic heterocycles. The molecule has 0 radical (unpaired) electrons. The number of nitro benzene ring substituents is 1. The number of hydrogen-bond donors (Lipinski definition) is 1. The Morgan fingerprint density at radius 3 is 2.58 bits per heavy atom. The molecule has 31 heavy (non-hydrogen) atoms. The number of halogens is 1. The van der Waals surface area contributed by atoms with Crippen LogP contribution in [0.5, 0.6) is 5.75 Å². The molecule has 160 valence electrons. The molecule has 9 heteroatoms. The van der Waals surface area contributed by atoms with Crippen LogP contribution in [0.2, 0.25) is 5.02 Å². The largest absolute Gasteiger partial charge is 0.494 e. The summed E-state index contributed by atoms with van der Waals surface area (Å²) in [6.45, 7) is 3.80. The minimum absolute atomic E-state index is 0.0479. The molecule has 8 nitrogen and oxygen atoms in total. The highest BCUT2D eigenvalue weighted by atomic mass is 35.5. The highest BCUT2D eigenvalue weighted by molar-refractivity contribution is 6.30. The molecule has 0 unspecified atom stereocenters. The normalized spacial score (nSPS) is 11.0. The third-order valence-electron chi connectivity index (χ3n) is 4.76. The summed E-state index contributed by atoms with van der Waals surface area (Å²) in [6, 6.07) is 13.4. The van der Waals surface area contributed by atoms with E-state index < -0.39 is 4.92 Å². The van der Waals surface area contributed by atoms with Gasteiger partial charge in [-0.2, -0.15) is 5.10 Å². The molecule has 1 amide bonds. The second kappa shape index (κ2) is 9.44. The number of benzene rings is 2. The summed E-state index contributed by atoms with van der Waals surface area (Å²) in [4.78, 5) is 22.7. The maximum absolute atomic E-state index is 12.1. The first-order valence-electron chi connectivity index (χ1n) is 9.38. The molecule has 0 atom stereocenters. The number of ether oxygens (including phenoxy) is 1. The summed E-state index contributed by atoms with van der Waals surface area (Å²) >= 11 is 5.85. The molecule has 0 aliphatic carbocycles. The average molecular weight is 441 g/mol. The van der Waals surface area contributed by atoms with Crippen LogP contribution in [-0.2, 0) is 11.2 Å². The van der Waals surface area contributed by atoms with Crippen LogP contribution in [0.3, 0.4) is 0 Å². The highest BCUT2D eigenvalue weighted by Crippen LogP contribution is 2.31. The number of nitro groups is 1. The quantitative estimate of drug-likeness (QED) is 0.335. The van der Waals surface area contributed by atoms with Gasteiger partial charge in [0.25, 0.3) is 5.69 Å². The average Bonchev–Trinajstić information content (AvgIpc) is 3.02. The first kappa shape index (κ1) is 22.0. The van der Waals surface area contributed by atoms with Crippen LogP contribution < -0.4 is 10.2 Å². The minimum atomic E-state index is -0.466. The molecule has 3 aromatic rings. The Morgan fingerprint density at radius 2 is 1.94 bits per heavy atom. The molecule has 0 fully saturated rings. The van der Waals surface area contributed by atoms with Gasteiger partial charge in [0.05, 0.1) is 36.4 Å². The molecule has 1 aromatic heterocycles. The molecule has 0 saturated carbocycles. The van der Waals surface area contributed by atoms with Crippen LogP contribution in [0.4, 0.5) is 5.69 Å². The summed E-state index contributed by atoms with van der Waals surface area (Å²) in [7, 11) is 1.47. The number of methoxy groups -OCH3 is 1. The maximum atomic E-state index is 12.1. The Labute approximate surface area is 184 Å². The molecular formula is C22H21ClN4O4. The van der Waals surface area contributed by atoms with Crippen molar-refractivity contribution in [3.63, 3.8) is 0 Å². The van der Waals surface area contributed by atoms with Gasteiger partial charge in [-0.1, -0.05) is 23.7 Å². The van der Waals surface area contributed by atoms with E-state index in [0.717, 1.165) is 22.5 Å². The van der Waals surface area contributed by atoms with Crippen LogP contribution in [-0.4, -0.2) is 28.7 Å². The third-order valence-corrected chi connectivity index (χ3v) is 5.01. The number of aryl methyl sites for hydroxylation is 1. The van der Waals surface area contributed by atoms with E-state index in [1.165, 1.54) is 19.2 Å². The number of hydrogen-bond acceptors (Lipinski definition) is 5. The van der Waals surface area contributed by atoms with E-state index in [1.54, 1.807) is 36.5 Å². The van der Waals surface area contributed by atoms with E-state index >= 15 is 0 Å². The number of aromatic nitrogens is 1. The molecule has 1 heterocycles. The van der Waals surface area contributed by atoms with Crippen molar-refractivity contribution >= 4 is 29.4 Å². The number of non-ortho nitro benzene ring substituents is 1. The van der Waals surface area contributed by atoms with Gasteiger partial charge < -0.3 is 9.30 Å². The molecule has 0 spiro atoms. The zero-order valence-electron chi connectivity index (χ0n) is 17.3. The van der Waals surface area contributed by atoms with Crippen LogP contribution in [0, 0.1) is 24.0 Å². The minimum Gasteiger partial charge on any atom is -0.494 e. The lowest BCUT2D eigenvalue weighted by Gasteiger charge is -2.13. The van der Waals surface area contributed by atoms with Crippen LogP contribution >= 0.6 is 11.6 Å². The van der Waals surface area contributed by atoms with Crippen LogP contribution in [0.25, 0.3) is 5.69 Å². The summed E-state index contributed by atoms with van der Waals surface area (Å²) in [5.74, 6) is 0.139. The van der Waals surface area contributed by atoms with Gasteiger partial charge in [-0.05, 0) is 43.7 Å². The van der Waals surface area contributed by atoms with Crippen molar-refractivity contribution in [2.45, 2.75) is 20.3 Å². The van der Waals surface area contributed by atoms with Crippen LogP contribution in [0.15, 0.2) is 53.6 Å². The molecule has 0 saturated heterocycles. The van der Waals surface area contributed by atoms with Crippen molar-refractivity contribution in [2.24, 2.45) is 5.10 Å².